The van der Waals surface area contributed by atoms with Gasteiger partial charge in [-0.2, -0.15) is 0 Å². The predicted molar refractivity (Wildman–Crippen MR) is 117 cm³/mol. The Bertz CT molecular complexity index is 824. The lowest BCUT2D eigenvalue weighted by atomic mass is 9.95. The van der Waals surface area contributed by atoms with Crippen LogP contribution >= 0.6 is 0 Å². The summed E-state index contributed by atoms with van der Waals surface area (Å²) < 4.78 is 0. The van der Waals surface area contributed by atoms with Crippen LogP contribution in [0.3, 0.4) is 0 Å². The Morgan fingerprint density at radius 3 is 2.55 bits per heavy atom. The summed E-state index contributed by atoms with van der Waals surface area (Å²) in [6.07, 6.45) is 10.1. The minimum Gasteiger partial charge on any atom is -0.356 e. The van der Waals surface area contributed by atoms with E-state index in [-0.39, 0.29) is 11.8 Å². The molecule has 0 unspecified atom stereocenters. The molecule has 0 saturated carbocycles. The number of nitrogens with one attached hydrogen (secondary N) is 1. The van der Waals surface area contributed by atoms with E-state index in [1.165, 1.54) is 31.3 Å². The van der Waals surface area contributed by atoms with Gasteiger partial charge in [-0.15, -0.1) is 10.2 Å². The molecule has 0 radical (unpaired) electrons. The number of nitrogens with zero attached hydrogens (tertiary/aromatic N) is 3. The first-order valence-electron chi connectivity index (χ1n) is 10.9. The van der Waals surface area contributed by atoms with Crippen molar-refractivity contribution in [2.45, 2.75) is 44.9 Å². The number of rotatable bonds is 6. The number of carbonyl (C=O) groups is 1. The molecule has 29 heavy (non-hydrogen) atoms. The van der Waals surface area contributed by atoms with Crippen molar-refractivity contribution < 1.29 is 4.79 Å². The van der Waals surface area contributed by atoms with Crippen molar-refractivity contribution in [3.8, 4) is 11.3 Å². The van der Waals surface area contributed by atoms with Gasteiger partial charge in [-0.3, -0.25) is 4.79 Å². The van der Waals surface area contributed by atoms with E-state index in [1.807, 2.05) is 42.5 Å². The summed E-state index contributed by atoms with van der Waals surface area (Å²) in [7, 11) is 0. The van der Waals surface area contributed by atoms with Crippen molar-refractivity contribution in [1.82, 2.24) is 15.5 Å². The Hall–Kier alpha value is -2.69. The van der Waals surface area contributed by atoms with Crippen LogP contribution in [-0.2, 0) is 4.79 Å². The number of piperidine rings is 1. The van der Waals surface area contributed by atoms with E-state index in [9.17, 15) is 4.79 Å². The highest BCUT2D eigenvalue weighted by molar-refractivity contribution is 5.79. The first kappa shape index (κ1) is 19.6. The fraction of sp³-hybridized carbons (Fsp3) is 0.458. The van der Waals surface area contributed by atoms with Gasteiger partial charge in [-0.1, -0.05) is 42.0 Å². The van der Waals surface area contributed by atoms with Gasteiger partial charge in [0.05, 0.1) is 5.69 Å². The SMILES string of the molecule is O=C(NCCC1=CCCCC1)C1CCN(c2ccc(-c3ccccc3)nn2)CC1. The largest absolute Gasteiger partial charge is 0.356 e. The van der Waals surface area contributed by atoms with Gasteiger partial charge in [0.25, 0.3) is 0 Å². The molecule has 0 spiro atoms. The number of allylic oxidation sites excluding steroid dienone is 1. The van der Waals surface area contributed by atoms with Crippen LogP contribution in [0, 0.1) is 5.92 Å². The zero-order valence-corrected chi connectivity index (χ0v) is 17.0. The molecule has 1 saturated heterocycles. The van der Waals surface area contributed by atoms with Gasteiger partial charge in [0.1, 0.15) is 0 Å². The molecular formula is C24H30N4O. The highest BCUT2D eigenvalue weighted by atomic mass is 16.1. The highest BCUT2D eigenvalue weighted by Crippen LogP contribution is 2.24. The molecule has 1 N–H and O–H groups in total. The highest BCUT2D eigenvalue weighted by Gasteiger charge is 2.25. The Morgan fingerprint density at radius 1 is 1.03 bits per heavy atom. The van der Waals surface area contributed by atoms with Gasteiger partial charge in [0.15, 0.2) is 5.82 Å². The molecule has 1 fully saturated rings. The fourth-order valence-corrected chi connectivity index (χ4v) is 4.25. The summed E-state index contributed by atoms with van der Waals surface area (Å²) in [5.41, 5.74) is 3.48. The van der Waals surface area contributed by atoms with Crippen LogP contribution in [-0.4, -0.2) is 35.7 Å². The molecule has 2 aliphatic rings. The van der Waals surface area contributed by atoms with Gasteiger partial charge in [0, 0.05) is 31.1 Å². The lowest BCUT2D eigenvalue weighted by molar-refractivity contribution is -0.125. The van der Waals surface area contributed by atoms with Gasteiger partial charge in [0.2, 0.25) is 5.91 Å². The molecule has 1 amide bonds. The number of hydrogen-bond donors (Lipinski definition) is 1. The lowest BCUT2D eigenvalue weighted by Gasteiger charge is -2.31. The maximum atomic E-state index is 12.5. The predicted octanol–water partition coefficient (Wildman–Crippen LogP) is 4.37. The molecule has 2 aromatic rings. The van der Waals surface area contributed by atoms with Crippen molar-refractivity contribution >= 4 is 11.7 Å². The zero-order chi connectivity index (χ0) is 19.9. The summed E-state index contributed by atoms with van der Waals surface area (Å²) in [5.74, 6) is 1.22. The average molecular weight is 391 g/mol. The second-order valence-corrected chi connectivity index (χ2v) is 8.05. The van der Waals surface area contributed by atoms with E-state index in [2.05, 4.69) is 26.5 Å². The van der Waals surface area contributed by atoms with Crippen molar-refractivity contribution in [2.24, 2.45) is 5.92 Å². The Balaban J connectivity index is 1.23. The van der Waals surface area contributed by atoms with Crippen LogP contribution in [0.2, 0.25) is 0 Å². The molecular weight excluding hydrogens is 360 g/mol. The number of amides is 1. The quantitative estimate of drug-likeness (QED) is 0.744. The third-order valence-corrected chi connectivity index (χ3v) is 6.04. The molecule has 1 aromatic heterocycles. The monoisotopic (exact) mass is 390 g/mol. The summed E-state index contributed by atoms with van der Waals surface area (Å²) in [6.45, 7) is 2.47. The third kappa shape index (κ3) is 5.22. The molecule has 2 heterocycles. The summed E-state index contributed by atoms with van der Waals surface area (Å²) in [6, 6.07) is 14.2. The Kier molecular flexibility index (Phi) is 6.55. The van der Waals surface area contributed by atoms with Crippen LogP contribution in [0.5, 0.6) is 0 Å². The van der Waals surface area contributed by atoms with Crippen LogP contribution in [0.4, 0.5) is 5.82 Å². The van der Waals surface area contributed by atoms with Gasteiger partial charge in [-0.05, 0) is 57.1 Å². The summed E-state index contributed by atoms with van der Waals surface area (Å²) in [4.78, 5) is 14.7. The topological polar surface area (TPSA) is 58.1 Å². The van der Waals surface area contributed by atoms with Gasteiger partial charge < -0.3 is 10.2 Å². The van der Waals surface area contributed by atoms with Crippen molar-refractivity contribution in [2.75, 3.05) is 24.5 Å². The Morgan fingerprint density at radius 2 is 1.86 bits per heavy atom. The number of benzene rings is 1. The van der Waals surface area contributed by atoms with Gasteiger partial charge in [-0.25, -0.2) is 0 Å². The minimum atomic E-state index is 0.114. The van der Waals surface area contributed by atoms with Crippen LogP contribution in [0.1, 0.15) is 44.9 Å². The normalized spacial score (nSPS) is 17.7. The van der Waals surface area contributed by atoms with Crippen LogP contribution < -0.4 is 10.2 Å². The van der Waals surface area contributed by atoms with Crippen molar-refractivity contribution in [3.63, 3.8) is 0 Å². The fourth-order valence-electron chi connectivity index (χ4n) is 4.25. The molecule has 1 aromatic carbocycles. The molecule has 0 atom stereocenters. The smallest absolute Gasteiger partial charge is 0.223 e. The first-order chi connectivity index (χ1) is 14.3. The average Bonchev–Trinajstić information content (AvgIpc) is 2.80. The zero-order valence-electron chi connectivity index (χ0n) is 17.0. The van der Waals surface area contributed by atoms with E-state index in [4.69, 9.17) is 0 Å². The third-order valence-electron chi connectivity index (χ3n) is 6.04. The standard InChI is InChI=1S/C24H30N4O/c29-24(25-16-13-19-7-3-1-4-8-19)21-14-17-28(18-15-21)23-12-11-22(26-27-23)20-9-5-2-6-10-20/h2,5-7,9-12,21H,1,3-4,8,13-18H2,(H,25,29). The second-order valence-electron chi connectivity index (χ2n) is 8.05. The first-order valence-corrected chi connectivity index (χ1v) is 10.9. The van der Waals surface area contributed by atoms with E-state index in [0.29, 0.717) is 0 Å². The number of hydrogen-bond acceptors (Lipinski definition) is 4. The molecule has 1 aliphatic heterocycles. The molecule has 5 nitrogen and oxygen atoms in total. The molecule has 152 valence electrons. The van der Waals surface area contributed by atoms with E-state index in [1.54, 1.807) is 0 Å². The maximum Gasteiger partial charge on any atom is 0.223 e. The summed E-state index contributed by atoms with van der Waals surface area (Å²) in [5, 5.41) is 12.0. The van der Waals surface area contributed by atoms with E-state index < -0.39 is 0 Å². The summed E-state index contributed by atoms with van der Waals surface area (Å²) >= 11 is 0. The molecule has 5 heteroatoms. The maximum absolute atomic E-state index is 12.5. The van der Waals surface area contributed by atoms with Crippen LogP contribution in [0.25, 0.3) is 11.3 Å². The van der Waals surface area contributed by atoms with Gasteiger partial charge >= 0.3 is 0 Å². The second kappa shape index (κ2) is 9.68. The van der Waals surface area contributed by atoms with Crippen molar-refractivity contribution in [1.29, 1.82) is 0 Å². The number of aromatic nitrogens is 2. The minimum absolute atomic E-state index is 0.114. The molecule has 0 bridgehead atoms. The van der Waals surface area contributed by atoms with E-state index in [0.717, 1.165) is 56.0 Å². The lowest BCUT2D eigenvalue weighted by Crippen LogP contribution is -2.41. The number of anilines is 1. The molecule has 4 rings (SSSR count). The Labute approximate surface area is 173 Å². The number of carbonyl (C=O) groups excluding carboxylic acids is 1. The molecule has 1 aliphatic carbocycles. The van der Waals surface area contributed by atoms with Crippen molar-refractivity contribution in [3.05, 3.63) is 54.1 Å². The van der Waals surface area contributed by atoms with E-state index >= 15 is 0 Å². The van der Waals surface area contributed by atoms with Crippen LogP contribution in [0.15, 0.2) is 54.1 Å².